The molecule has 0 saturated carbocycles. The van der Waals surface area contributed by atoms with Gasteiger partial charge in [0.25, 0.3) is 0 Å². The van der Waals surface area contributed by atoms with Crippen LogP contribution in [0.4, 0.5) is 0 Å². The number of β-amino-alcohol motifs (C(OH)–C–C–N with tert-alkyl or cyclic N) is 1. The highest BCUT2D eigenvalue weighted by Gasteiger charge is 2.38. The number of likely N-dealkylation sites (tertiary alicyclic amines) is 1. The maximum absolute atomic E-state index is 11.9. The van der Waals surface area contributed by atoms with E-state index in [9.17, 15) is 14.7 Å². The summed E-state index contributed by atoms with van der Waals surface area (Å²) in [7, 11) is 0. The SMILES string of the molecule is CC(C)(C)NCCC(=O)N1C[C@H](O)C[C@@H]1C(=O)O. The second-order valence-corrected chi connectivity index (χ2v) is 5.72. The molecule has 0 unspecified atom stereocenters. The van der Waals surface area contributed by atoms with E-state index in [-0.39, 0.29) is 30.8 Å². The Morgan fingerprint density at radius 1 is 1.39 bits per heavy atom. The van der Waals surface area contributed by atoms with Crippen molar-refractivity contribution in [3.8, 4) is 0 Å². The Labute approximate surface area is 107 Å². The predicted octanol–water partition coefficient (Wildman–Crippen LogP) is -0.189. The molecule has 3 N–H and O–H groups in total. The largest absolute Gasteiger partial charge is 0.480 e. The van der Waals surface area contributed by atoms with E-state index in [1.807, 2.05) is 20.8 Å². The highest BCUT2D eigenvalue weighted by Crippen LogP contribution is 2.19. The quantitative estimate of drug-likeness (QED) is 0.650. The van der Waals surface area contributed by atoms with Crippen molar-refractivity contribution in [2.24, 2.45) is 0 Å². The van der Waals surface area contributed by atoms with Crippen LogP contribution in [0, 0.1) is 0 Å². The summed E-state index contributed by atoms with van der Waals surface area (Å²) in [5.74, 6) is -1.28. The van der Waals surface area contributed by atoms with Crippen LogP contribution in [0.15, 0.2) is 0 Å². The number of carbonyl (C=O) groups is 2. The molecule has 0 aliphatic carbocycles. The second kappa shape index (κ2) is 5.67. The number of nitrogens with one attached hydrogen (secondary N) is 1. The number of aliphatic hydroxyl groups excluding tert-OH is 1. The van der Waals surface area contributed by atoms with E-state index in [4.69, 9.17) is 5.11 Å². The van der Waals surface area contributed by atoms with E-state index >= 15 is 0 Å². The van der Waals surface area contributed by atoms with Gasteiger partial charge in [-0.1, -0.05) is 0 Å². The third-order valence-electron chi connectivity index (χ3n) is 2.88. The summed E-state index contributed by atoms with van der Waals surface area (Å²) in [5, 5.41) is 21.6. The topological polar surface area (TPSA) is 89.9 Å². The lowest BCUT2D eigenvalue weighted by Gasteiger charge is -2.24. The van der Waals surface area contributed by atoms with Crippen LogP contribution in [0.5, 0.6) is 0 Å². The van der Waals surface area contributed by atoms with Crippen molar-refractivity contribution >= 4 is 11.9 Å². The number of aliphatic hydroxyl groups is 1. The molecule has 104 valence electrons. The molecule has 1 saturated heterocycles. The molecule has 0 radical (unpaired) electrons. The molecule has 0 bridgehead atoms. The third-order valence-corrected chi connectivity index (χ3v) is 2.88. The zero-order valence-electron chi connectivity index (χ0n) is 11.1. The molecule has 6 heteroatoms. The minimum Gasteiger partial charge on any atom is -0.480 e. The first-order chi connectivity index (χ1) is 8.20. The molecule has 18 heavy (non-hydrogen) atoms. The fourth-order valence-corrected chi connectivity index (χ4v) is 2.01. The van der Waals surface area contributed by atoms with Gasteiger partial charge in [0.1, 0.15) is 6.04 Å². The molecule has 1 aliphatic rings. The van der Waals surface area contributed by atoms with Crippen molar-refractivity contribution in [2.75, 3.05) is 13.1 Å². The summed E-state index contributed by atoms with van der Waals surface area (Å²) in [6.07, 6.45) is -0.368. The van der Waals surface area contributed by atoms with Crippen molar-refractivity contribution in [1.82, 2.24) is 10.2 Å². The molecular weight excluding hydrogens is 236 g/mol. The van der Waals surface area contributed by atoms with Crippen molar-refractivity contribution in [3.05, 3.63) is 0 Å². The van der Waals surface area contributed by atoms with Gasteiger partial charge in [-0.25, -0.2) is 4.79 Å². The van der Waals surface area contributed by atoms with Crippen LogP contribution in [-0.4, -0.2) is 57.8 Å². The number of hydrogen-bond donors (Lipinski definition) is 3. The van der Waals surface area contributed by atoms with E-state index < -0.39 is 18.1 Å². The molecule has 1 aliphatic heterocycles. The first kappa shape index (κ1) is 14.9. The van der Waals surface area contributed by atoms with Crippen LogP contribution in [0.25, 0.3) is 0 Å². The van der Waals surface area contributed by atoms with E-state index in [1.165, 1.54) is 4.90 Å². The number of rotatable bonds is 4. The molecule has 1 heterocycles. The summed E-state index contributed by atoms with van der Waals surface area (Å²) in [4.78, 5) is 24.1. The lowest BCUT2D eigenvalue weighted by molar-refractivity contribution is -0.148. The van der Waals surface area contributed by atoms with Crippen molar-refractivity contribution in [3.63, 3.8) is 0 Å². The fraction of sp³-hybridized carbons (Fsp3) is 0.833. The zero-order chi connectivity index (χ0) is 13.9. The van der Waals surface area contributed by atoms with Gasteiger partial charge in [-0.15, -0.1) is 0 Å². The van der Waals surface area contributed by atoms with Crippen LogP contribution >= 0.6 is 0 Å². The van der Waals surface area contributed by atoms with Crippen molar-refractivity contribution < 1.29 is 19.8 Å². The van der Waals surface area contributed by atoms with Gasteiger partial charge in [-0.05, 0) is 20.8 Å². The number of carbonyl (C=O) groups excluding carboxylic acids is 1. The van der Waals surface area contributed by atoms with Gasteiger partial charge in [-0.3, -0.25) is 4.79 Å². The molecular formula is C12H22N2O4. The second-order valence-electron chi connectivity index (χ2n) is 5.72. The van der Waals surface area contributed by atoms with E-state index in [1.54, 1.807) is 0 Å². The Hall–Kier alpha value is -1.14. The molecule has 6 nitrogen and oxygen atoms in total. The Morgan fingerprint density at radius 3 is 2.50 bits per heavy atom. The molecule has 2 atom stereocenters. The molecule has 0 aromatic heterocycles. The average Bonchev–Trinajstić information content (AvgIpc) is 2.58. The van der Waals surface area contributed by atoms with E-state index in [2.05, 4.69) is 5.32 Å². The number of nitrogens with zero attached hydrogens (tertiary/aromatic N) is 1. The maximum Gasteiger partial charge on any atom is 0.326 e. The maximum atomic E-state index is 11.9. The number of carboxylic acid groups (broad SMARTS) is 1. The minimum absolute atomic E-state index is 0.0724. The van der Waals surface area contributed by atoms with Crippen LogP contribution in [-0.2, 0) is 9.59 Å². The summed E-state index contributed by atoms with van der Waals surface area (Å²) in [6.45, 7) is 6.61. The standard InChI is InChI=1S/C12H22N2O4/c1-12(2,3)13-5-4-10(16)14-7-8(15)6-9(14)11(17)18/h8-9,13,15H,4-7H2,1-3H3,(H,17,18)/t8-,9-/m1/s1. The Morgan fingerprint density at radius 2 is 2.00 bits per heavy atom. The Kier molecular flexibility index (Phi) is 4.70. The van der Waals surface area contributed by atoms with Gasteiger partial charge in [0.15, 0.2) is 0 Å². The average molecular weight is 258 g/mol. The van der Waals surface area contributed by atoms with Gasteiger partial charge >= 0.3 is 5.97 Å². The lowest BCUT2D eigenvalue weighted by Crippen LogP contribution is -2.43. The molecule has 0 aromatic carbocycles. The number of aliphatic carboxylic acids is 1. The first-order valence-corrected chi connectivity index (χ1v) is 6.16. The van der Waals surface area contributed by atoms with Crippen LogP contribution in [0.1, 0.15) is 33.6 Å². The summed E-state index contributed by atoms with van der Waals surface area (Å²) in [5.41, 5.74) is -0.0724. The highest BCUT2D eigenvalue weighted by atomic mass is 16.4. The molecule has 1 fully saturated rings. The van der Waals surface area contributed by atoms with E-state index in [0.29, 0.717) is 6.54 Å². The lowest BCUT2D eigenvalue weighted by atomic mass is 10.1. The molecule has 1 amide bonds. The van der Waals surface area contributed by atoms with Crippen LogP contribution < -0.4 is 5.32 Å². The monoisotopic (exact) mass is 258 g/mol. The van der Waals surface area contributed by atoms with Gasteiger partial charge in [-0.2, -0.15) is 0 Å². The van der Waals surface area contributed by atoms with Crippen LogP contribution in [0.3, 0.4) is 0 Å². The van der Waals surface area contributed by atoms with E-state index in [0.717, 1.165) is 0 Å². The highest BCUT2D eigenvalue weighted by molar-refractivity contribution is 5.84. The number of hydrogen-bond acceptors (Lipinski definition) is 4. The minimum atomic E-state index is -1.05. The molecule has 0 aromatic rings. The first-order valence-electron chi connectivity index (χ1n) is 6.16. The Balaban J connectivity index is 2.48. The van der Waals surface area contributed by atoms with Crippen molar-refractivity contribution in [1.29, 1.82) is 0 Å². The summed E-state index contributed by atoms with van der Waals surface area (Å²) >= 11 is 0. The van der Waals surface area contributed by atoms with Crippen LogP contribution in [0.2, 0.25) is 0 Å². The van der Waals surface area contributed by atoms with Gasteiger partial charge < -0.3 is 20.4 Å². The molecule has 1 rings (SSSR count). The normalized spacial score (nSPS) is 24.3. The zero-order valence-corrected chi connectivity index (χ0v) is 11.1. The Bertz CT molecular complexity index is 325. The van der Waals surface area contributed by atoms with Gasteiger partial charge in [0.05, 0.1) is 6.10 Å². The predicted molar refractivity (Wildman–Crippen MR) is 66.1 cm³/mol. The smallest absolute Gasteiger partial charge is 0.326 e. The molecule has 0 spiro atoms. The summed E-state index contributed by atoms with van der Waals surface area (Å²) in [6, 6.07) is -0.887. The van der Waals surface area contributed by atoms with Gasteiger partial charge in [0.2, 0.25) is 5.91 Å². The third kappa shape index (κ3) is 4.27. The summed E-state index contributed by atoms with van der Waals surface area (Å²) < 4.78 is 0. The van der Waals surface area contributed by atoms with Gasteiger partial charge in [0, 0.05) is 31.5 Å². The van der Waals surface area contributed by atoms with Crippen molar-refractivity contribution in [2.45, 2.75) is 51.3 Å². The number of carboxylic acids is 1. The number of amides is 1. The fourth-order valence-electron chi connectivity index (χ4n) is 2.01.